The van der Waals surface area contributed by atoms with E-state index in [4.69, 9.17) is 9.47 Å². The van der Waals surface area contributed by atoms with Crippen molar-refractivity contribution in [3.8, 4) is 0 Å². The van der Waals surface area contributed by atoms with Gasteiger partial charge in [0.15, 0.2) is 5.69 Å². The maximum Gasteiger partial charge on any atom is 0.360 e. The van der Waals surface area contributed by atoms with Crippen LogP contribution in [-0.2, 0) is 22.4 Å². The van der Waals surface area contributed by atoms with Gasteiger partial charge < -0.3 is 9.47 Å². The molecule has 1 saturated heterocycles. The molecule has 0 bridgehead atoms. The third-order valence-corrected chi connectivity index (χ3v) is 3.10. The zero-order valence-electron chi connectivity index (χ0n) is 10.9. The highest BCUT2D eigenvalue weighted by Crippen LogP contribution is 2.16. The Kier molecular flexibility index (Phi) is 4.30. The average Bonchev–Trinajstić information content (AvgIpc) is 3.01. The molecule has 1 aliphatic rings. The quantitative estimate of drug-likeness (QED) is 0.737. The molecule has 1 aliphatic heterocycles. The number of esters is 1. The number of hydrogen-bond acceptors (Lipinski definition) is 5. The Morgan fingerprint density at radius 3 is 3.06 bits per heavy atom. The molecule has 2 rings (SSSR count). The Balaban J connectivity index is 2.17. The molecule has 6 heteroatoms. The SMILES string of the molecule is CCCc1c(C(=O)OC)nnn1CC1CCCO1. The minimum atomic E-state index is -0.419. The predicted octanol–water partition coefficient (Wildman–Crippen LogP) is 1.20. The summed E-state index contributed by atoms with van der Waals surface area (Å²) in [6, 6.07) is 0. The van der Waals surface area contributed by atoms with Crippen LogP contribution in [-0.4, -0.2) is 40.8 Å². The Hall–Kier alpha value is -1.43. The molecular weight excluding hydrogens is 234 g/mol. The molecule has 1 aromatic heterocycles. The largest absolute Gasteiger partial charge is 0.464 e. The highest BCUT2D eigenvalue weighted by molar-refractivity contribution is 5.88. The maximum atomic E-state index is 11.6. The van der Waals surface area contributed by atoms with Crippen molar-refractivity contribution in [2.45, 2.75) is 45.3 Å². The highest BCUT2D eigenvalue weighted by Gasteiger charge is 2.23. The van der Waals surface area contributed by atoms with Gasteiger partial charge in [0.25, 0.3) is 0 Å². The Morgan fingerprint density at radius 2 is 2.44 bits per heavy atom. The van der Waals surface area contributed by atoms with Crippen molar-refractivity contribution in [3.05, 3.63) is 11.4 Å². The van der Waals surface area contributed by atoms with Crippen molar-refractivity contribution < 1.29 is 14.3 Å². The van der Waals surface area contributed by atoms with Gasteiger partial charge in [0.1, 0.15) is 0 Å². The van der Waals surface area contributed by atoms with Gasteiger partial charge in [-0.2, -0.15) is 0 Å². The molecule has 100 valence electrons. The normalized spacial score (nSPS) is 19.1. The van der Waals surface area contributed by atoms with Crippen molar-refractivity contribution in [1.29, 1.82) is 0 Å². The smallest absolute Gasteiger partial charge is 0.360 e. The molecule has 0 aliphatic carbocycles. The third-order valence-electron chi connectivity index (χ3n) is 3.10. The lowest BCUT2D eigenvalue weighted by molar-refractivity contribution is 0.0592. The van der Waals surface area contributed by atoms with E-state index in [2.05, 4.69) is 17.2 Å². The van der Waals surface area contributed by atoms with Crippen LogP contribution in [0.15, 0.2) is 0 Å². The zero-order valence-corrected chi connectivity index (χ0v) is 10.9. The number of ether oxygens (including phenoxy) is 2. The van der Waals surface area contributed by atoms with Crippen LogP contribution in [0, 0.1) is 0 Å². The first-order chi connectivity index (χ1) is 8.76. The first-order valence-corrected chi connectivity index (χ1v) is 6.38. The summed E-state index contributed by atoms with van der Waals surface area (Å²) in [6.07, 6.45) is 4.02. The monoisotopic (exact) mass is 253 g/mol. The number of methoxy groups -OCH3 is 1. The van der Waals surface area contributed by atoms with Crippen molar-refractivity contribution in [1.82, 2.24) is 15.0 Å². The van der Waals surface area contributed by atoms with Crippen LogP contribution in [0.4, 0.5) is 0 Å². The van der Waals surface area contributed by atoms with E-state index in [9.17, 15) is 4.79 Å². The first kappa shape index (κ1) is 13.0. The summed E-state index contributed by atoms with van der Waals surface area (Å²) in [5, 5.41) is 7.98. The Bertz CT molecular complexity index is 411. The topological polar surface area (TPSA) is 66.2 Å². The molecule has 0 amide bonds. The van der Waals surface area contributed by atoms with E-state index in [1.807, 2.05) is 0 Å². The van der Waals surface area contributed by atoms with Gasteiger partial charge in [-0.15, -0.1) is 5.10 Å². The number of carbonyl (C=O) groups is 1. The maximum absolute atomic E-state index is 11.6. The van der Waals surface area contributed by atoms with E-state index in [1.165, 1.54) is 7.11 Å². The van der Waals surface area contributed by atoms with E-state index in [0.717, 1.165) is 38.0 Å². The van der Waals surface area contributed by atoms with E-state index >= 15 is 0 Å². The summed E-state index contributed by atoms with van der Waals surface area (Å²) in [6.45, 7) is 3.54. The molecule has 1 atom stereocenters. The van der Waals surface area contributed by atoms with Crippen LogP contribution in [0.1, 0.15) is 42.4 Å². The van der Waals surface area contributed by atoms with Gasteiger partial charge >= 0.3 is 5.97 Å². The van der Waals surface area contributed by atoms with Gasteiger partial charge in [0.05, 0.1) is 25.5 Å². The molecule has 1 aromatic rings. The van der Waals surface area contributed by atoms with Gasteiger partial charge in [-0.3, -0.25) is 0 Å². The predicted molar refractivity (Wildman–Crippen MR) is 64.3 cm³/mol. The van der Waals surface area contributed by atoms with E-state index < -0.39 is 5.97 Å². The number of nitrogens with zero attached hydrogens (tertiary/aromatic N) is 3. The van der Waals surface area contributed by atoms with E-state index in [-0.39, 0.29) is 6.10 Å². The molecular formula is C12H19N3O3. The van der Waals surface area contributed by atoms with Gasteiger partial charge in [0, 0.05) is 6.61 Å². The molecule has 0 radical (unpaired) electrons. The molecule has 1 unspecified atom stereocenters. The lowest BCUT2D eigenvalue weighted by atomic mass is 10.2. The Morgan fingerprint density at radius 1 is 1.61 bits per heavy atom. The second-order valence-corrected chi connectivity index (χ2v) is 4.44. The van der Waals surface area contributed by atoms with Crippen molar-refractivity contribution >= 4 is 5.97 Å². The summed E-state index contributed by atoms with van der Waals surface area (Å²) in [4.78, 5) is 11.6. The number of carbonyl (C=O) groups excluding carboxylic acids is 1. The fraction of sp³-hybridized carbons (Fsp3) is 0.750. The third kappa shape index (κ3) is 2.69. The summed E-state index contributed by atoms with van der Waals surface area (Å²) in [5.74, 6) is -0.419. The van der Waals surface area contributed by atoms with E-state index in [0.29, 0.717) is 12.2 Å². The lowest BCUT2D eigenvalue weighted by Gasteiger charge is -2.11. The van der Waals surface area contributed by atoms with Gasteiger partial charge in [-0.25, -0.2) is 9.48 Å². The molecule has 6 nitrogen and oxygen atoms in total. The first-order valence-electron chi connectivity index (χ1n) is 6.38. The lowest BCUT2D eigenvalue weighted by Crippen LogP contribution is -2.18. The van der Waals surface area contributed by atoms with Crippen molar-refractivity contribution in [2.75, 3.05) is 13.7 Å². The van der Waals surface area contributed by atoms with E-state index in [1.54, 1.807) is 4.68 Å². The van der Waals surface area contributed by atoms with Crippen molar-refractivity contribution in [2.24, 2.45) is 0 Å². The molecule has 0 spiro atoms. The summed E-state index contributed by atoms with van der Waals surface area (Å²) >= 11 is 0. The second-order valence-electron chi connectivity index (χ2n) is 4.44. The summed E-state index contributed by atoms with van der Waals surface area (Å²) in [5.41, 5.74) is 1.18. The Labute approximate surface area is 106 Å². The zero-order chi connectivity index (χ0) is 13.0. The number of rotatable bonds is 5. The standard InChI is InChI=1S/C12H19N3O3/c1-3-5-10-11(12(16)17-2)13-14-15(10)8-9-6-4-7-18-9/h9H,3-8H2,1-2H3. The van der Waals surface area contributed by atoms with Crippen LogP contribution in [0.2, 0.25) is 0 Å². The minimum Gasteiger partial charge on any atom is -0.464 e. The van der Waals surface area contributed by atoms with Gasteiger partial charge in [-0.05, 0) is 19.3 Å². The van der Waals surface area contributed by atoms with Crippen LogP contribution in [0.5, 0.6) is 0 Å². The van der Waals surface area contributed by atoms with Crippen LogP contribution >= 0.6 is 0 Å². The average molecular weight is 253 g/mol. The van der Waals surface area contributed by atoms with Gasteiger partial charge in [-0.1, -0.05) is 18.6 Å². The fourth-order valence-corrected chi connectivity index (χ4v) is 2.20. The van der Waals surface area contributed by atoms with Crippen molar-refractivity contribution in [3.63, 3.8) is 0 Å². The molecule has 2 heterocycles. The number of hydrogen-bond donors (Lipinski definition) is 0. The molecule has 18 heavy (non-hydrogen) atoms. The van der Waals surface area contributed by atoms with Crippen LogP contribution in [0.3, 0.4) is 0 Å². The molecule has 1 fully saturated rings. The highest BCUT2D eigenvalue weighted by atomic mass is 16.5. The number of aromatic nitrogens is 3. The summed E-state index contributed by atoms with van der Waals surface area (Å²) < 4.78 is 12.1. The van der Waals surface area contributed by atoms with Crippen LogP contribution in [0.25, 0.3) is 0 Å². The molecule has 0 N–H and O–H groups in total. The second kappa shape index (κ2) is 5.95. The summed E-state index contributed by atoms with van der Waals surface area (Å²) in [7, 11) is 1.36. The molecule has 0 aromatic carbocycles. The fourth-order valence-electron chi connectivity index (χ4n) is 2.20. The van der Waals surface area contributed by atoms with Crippen LogP contribution < -0.4 is 0 Å². The minimum absolute atomic E-state index is 0.188. The molecule has 0 saturated carbocycles. The van der Waals surface area contributed by atoms with Gasteiger partial charge in [0.2, 0.25) is 0 Å².